The van der Waals surface area contributed by atoms with Crippen molar-refractivity contribution in [3.63, 3.8) is 0 Å². The van der Waals surface area contributed by atoms with Crippen molar-refractivity contribution in [1.29, 1.82) is 0 Å². The van der Waals surface area contributed by atoms with Crippen molar-refractivity contribution >= 4 is 5.57 Å². The van der Waals surface area contributed by atoms with E-state index in [0.717, 1.165) is 39.4 Å². The van der Waals surface area contributed by atoms with E-state index in [1.54, 1.807) is 6.07 Å². The Labute approximate surface area is 203 Å². The Morgan fingerprint density at radius 2 is 1.59 bits per heavy atom. The third-order valence-corrected chi connectivity index (χ3v) is 7.04. The smallest absolute Gasteiger partial charge is 0.131 e. The molecule has 34 heavy (non-hydrogen) atoms. The van der Waals surface area contributed by atoms with Crippen LogP contribution in [0, 0.1) is 40.4 Å². The summed E-state index contributed by atoms with van der Waals surface area (Å²) in [6, 6.07) is 11.7. The summed E-state index contributed by atoms with van der Waals surface area (Å²) in [6.45, 7) is 21.3. The molecule has 2 nitrogen and oxygen atoms in total. The monoisotopic (exact) mass is 454 g/mol. The zero-order chi connectivity index (χ0) is 24.9. The van der Waals surface area contributed by atoms with Crippen molar-refractivity contribution in [1.82, 2.24) is 10.3 Å². The van der Waals surface area contributed by atoms with Crippen LogP contribution in [-0.4, -0.2) is 11.0 Å². The summed E-state index contributed by atoms with van der Waals surface area (Å²) < 4.78 is 14.8. The lowest BCUT2D eigenvalue weighted by atomic mass is 9.87. The van der Waals surface area contributed by atoms with E-state index in [-0.39, 0.29) is 11.9 Å². The zero-order valence-corrected chi connectivity index (χ0v) is 21.6. The Kier molecular flexibility index (Phi) is 6.16. The van der Waals surface area contributed by atoms with Gasteiger partial charge in [-0.2, -0.15) is 0 Å². The summed E-state index contributed by atoms with van der Waals surface area (Å²) in [5, 5.41) is 3.76. The quantitative estimate of drug-likeness (QED) is 0.410. The largest absolute Gasteiger partial charge is 0.378 e. The van der Waals surface area contributed by atoms with Crippen LogP contribution in [-0.2, 0) is 0 Å². The Morgan fingerprint density at radius 3 is 2.15 bits per heavy atom. The second-order valence-electron chi connectivity index (χ2n) is 9.81. The second kappa shape index (κ2) is 8.79. The highest BCUT2D eigenvalue weighted by Gasteiger charge is 2.30. The predicted molar refractivity (Wildman–Crippen MR) is 142 cm³/mol. The molecule has 2 heterocycles. The number of aromatic nitrogens is 1. The molecule has 0 amide bonds. The molecule has 0 fully saturated rings. The van der Waals surface area contributed by atoms with Crippen molar-refractivity contribution < 1.29 is 4.39 Å². The minimum atomic E-state index is -0.204. The van der Waals surface area contributed by atoms with E-state index in [1.165, 1.54) is 39.5 Å². The van der Waals surface area contributed by atoms with Gasteiger partial charge in [-0.1, -0.05) is 48.0 Å². The summed E-state index contributed by atoms with van der Waals surface area (Å²) in [5.74, 6) is -0.204. The minimum Gasteiger partial charge on any atom is -0.378 e. The molecule has 0 bridgehead atoms. The molecule has 0 spiro atoms. The van der Waals surface area contributed by atoms with Crippen LogP contribution in [0.25, 0.3) is 16.7 Å². The molecule has 176 valence electrons. The Balaban J connectivity index is 2.10. The van der Waals surface area contributed by atoms with Gasteiger partial charge in [-0.25, -0.2) is 4.39 Å². The average molecular weight is 455 g/mol. The molecular weight excluding hydrogens is 419 g/mol. The summed E-state index contributed by atoms with van der Waals surface area (Å²) in [5.41, 5.74) is 15.3. The standard InChI is InChI=1S/C31H35FN2/c1-16(2)26-20(6)30(33-22(26)8)29(27-18(4)14-17(3)15-19(27)5)31-21(7)28(23(9)34-31)24-12-10-11-13-25(24)32/h10-15,22,33-34H,1H2,2-9H3/b30-29-. The van der Waals surface area contributed by atoms with Crippen LogP contribution in [0.2, 0.25) is 0 Å². The molecule has 3 heteroatoms. The van der Waals surface area contributed by atoms with E-state index in [9.17, 15) is 4.39 Å². The number of rotatable bonds is 4. The number of H-pyrrole nitrogens is 1. The maximum Gasteiger partial charge on any atom is 0.131 e. The summed E-state index contributed by atoms with van der Waals surface area (Å²) in [7, 11) is 0. The zero-order valence-electron chi connectivity index (χ0n) is 21.6. The van der Waals surface area contributed by atoms with E-state index in [0.29, 0.717) is 5.56 Å². The van der Waals surface area contributed by atoms with E-state index in [1.807, 2.05) is 19.1 Å². The van der Waals surface area contributed by atoms with Gasteiger partial charge in [-0.15, -0.1) is 0 Å². The van der Waals surface area contributed by atoms with Gasteiger partial charge in [0, 0.05) is 34.1 Å². The van der Waals surface area contributed by atoms with Crippen LogP contribution < -0.4 is 5.32 Å². The number of hydrogen-bond acceptors (Lipinski definition) is 1. The molecule has 2 N–H and O–H groups in total. The number of benzene rings is 2. The maximum absolute atomic E-state index is 14.8. The third-order valence-electron chi connectivity index (χ3n) is 7.04. The van der Waals surface area contributed by atoms with Crippen LogP contribution in [0.15, 0.2) is 65.4 Å². The van der Waals surface area contributed by atoms with Crippen LogP contribution in [0.5, 0.6) is 0 Å². The predicted octanol–water partition coefficient (Wildman–Crippen LogP) is 8.01. The molecule has 1 aromatic heterocycles. The third kappa shape index (κ3) is 3.83. The Morgan fingerprint density at radius 1 is 0.971 bits per heavy atom. The molecule has 0 aliphatic carbocycles. The van der Waals surface area contributed by atoms with Gasteiger partial charge >= 0.3 is 0 Å². The van der Waals surface area contributed by atoms with Crippen molar-refractivity contribution in [2.45, 2.75) is 61.4 Å². The van der Waals surface area contributed by atoms with Crippen molar-refractivity contribution in [2.75, 3.05) is 0 Å². The molecular formula is C31H35FN2. The van der Waals surface area contributed by atoms with Crippen molar-refractivity contribution in [3.05, 3.63) is 110 Å². The van der Waals surface area contributed by atoms with Crippen molar-refractivity contribution in [3.8, 4) is 11.1 Å². The molecule has 2 aromatic carbocycles. The minimum absolute atomic E-state index is 0.177. The Bertz CT molecular complexity index is 1360. The lowest BCUT2D eigenvalue weighted by Crippen LogP contribution is -2.21. The van der Waals surface area contributed by atoms with Gasteiger partial charge in [0.2, 0.25) is 0 Å². The van der Waals surface area contributed by atoms with Crippen molar-refractivity contribution in [2.24, 2.45) is 0 Å². The van der Waals surface area contributed by atoms with Gasteiger partial charge in [0.1, 0.15) is 5.82 Å². The van der Waals surface area contributed by atoms with E-state index in [4.69, 9.17) is 0 Å². The number of halogens is 1. The van der Waals surface area contributed by atoms with Crippen LogP contribution >= 0.6 is 0 Å². The Hall–Kier alpha value is -3.33. The van der Waals surface area contributed by atoms with Crippen LogP contribution in [0.3, 0.4) is 0 Å². The van der Waals surface area contributed by atoms with Crippen LogP contribution in [0.4, 0.5) is 4.39 Å². The highest BCUT2D eigenvalue weighted by molar-refractivity contribution is 5.91. The topological polar surface area (TPSA) is 27.8 Å². The fourth-order valence-electron chi connectivity index (χ4n) is 5.82. The maximum atomic E-state index is 14.8. The van der Waals surface area contributed by atoms with Gasteiger partial charge in [-0.3, -0.25) is 0 Å². The molecule has 4 rings (SSSR count). The lowest BCUT2D eigenvalue weighted by molar-refractivity contribution is 0.631. The fraction of sp³-hybridized carbons (Fsp3) is 0.290. The van der Waals surface area contributed by atoms with E-state index in [2.05, 4.69) is 77.5 Å². The van der Waals surface area contributed by atoms with Gasteiger partial charge < -0.3 is 10.3 Å². The average Bonchev–Trinajstić information content (AvgIpc) is 3.19. The molecule has 1 aliphatic heterocycles. The van der Waals surface area contributed by atoms with Gasteiger partial charge in [-0.05, 0) is 94.9 Å². The van der Waals surface area contributed by atoms with Gasteiger partial charge in [0.15, 0.2) is 0 Å². The molecule has 1 aliphatic rings. The summed E-state index contributed by atoms with van der Waals surface area (Å²) in [6.07, 6.45) is 0. The van der Waals surface area contributed by atoms with Crippen LogP contribution in [0.1, 0.15) is 60.0 Å². The second-order valence-corrected chi connectivity index (χ2v) is 9.81. The first-order chi connectivity index (χ1) is 16.0. The summed E-state index contributed by atoms with van der Waals surface area (Å²) in [4.78, 5) is 3.65. The molecule has 0 radical (unpaired) electrons. The number of hydrogen-bond donors (Lipinski definition) is 2. The van der Waals surface area contributed by atoms with E-state index >= 15 is 0 Å². The normalized spacial score (nSPS) is 17.3. The lowest BCUT2D eigenvalue weighted by Gasteiger charge is -2.20. The summed E-state index contributed by atoms with van der Waals surface area (Å²) >= 11 is 0. The molecule has 3 aromatic rings. The fourth-order valence-corrected chi connectivity index (χ4v) is 5.82. The number of allylic oxidation sites excluding steroid dienone is 1. The van der Waals surface area contributed by atoms with E-state index < -0.39 is 0 Å². The van der Waals surface area contributed by atoms with Gasteiger partial charge in [0.25, 0.3) is 0 Å². The first-order valence-corrected chi connectivity index (χ1v) is 11.9. The number of nitrogens with one attached hydrogen (secondary N) is 2. The number of aryl methyl sites for hydroxylation is 4. The first kappa shape index (κ1) is 23.8. The number of aromatic amines is 1. The first-order valence-electron chi connectivity index (χ1n) is 11.9. The molecule has 1 unspecified atom stereocenters. The van der Waals surface area contributed by atoms with Gasteiger partial charge in [0.05, 0.1) is 5.69 Å². The highest BCUT2D eigenvalue weighted by Crippen LogP contribution is 2.42. The highest BCUT2D eigenvalue weighted by atomic mass is 19.1. The SMILES string of the molecule is C=C(C)C1=C(C)/C(=C(/c2[nH]c(C)c(-c3ccccc3F)c2C)c2c(C)cc(C)cc2C)NC1C. The molecule has 0 saturated heterocycles. The molecule has 1 atom stereocenters. The molecule has 0 saturated carbocycles.